The zero-order valence-electron chi connectivity index (χ0n) is 11.0. The molecule has 1 aromatic carbocycles. The van der Waals surface area contributed by atoms with Gasteiger partial charge in [0.15, 0.2) is 6.29 Å². The highest BCUT2D eigenvalue weighted by Gasteiger charge is 2.15. The van der Waals surface area contributed by atoms with E-state index in [0.29, 0.717) is 11.8 Å². The van der Waals surface area contributed by atoms with Gasteiger partial charge in [-0.15, -0.1) is 0 Å². The predicted molar refractivity (Wildman–Crippen MR) is 73.8 cm³/mol. The normalized spacial score (nSPS) is 9.95. The van der Waals surface area contributed by atoms with Gasteiger partial charge in [-0.05, 0) is 12.1 Å². The number of carbonyl (C=O) groups is 2. The Bertz CT molecular complexity index is 708. The van der Waals surface area contributed by atoms with Crippen molar-refractivity contribution in [3.8, 4) is 5.75 Å². The van der Waals surface area contributed by atoms with Crippen molar-refractivity contribution in [2.75, 3.05) is 12.4 Å². The van der Waals surface area contributed by atoms with Gasteiger partial charge in [-0.3, -0.25) is 19.7 Å². The number of nitrogens with zero attached hydrogens (tertiary/aromatic N) is 1. The number of nitro groups is 1. The monoisotopic (exact) mass is 289 g/mol. The molecular weight excluding hydrogens is 278 g/mol. The summed E-state index contributed by atoms with van der Waals surface area (Å²) >= 11 is 0. The average Bonchev–Trinajstić information content (AvgIpc) is 2.96. The lowest BCUT2D eigenvalue weighted by atomic mass is 10.2. The summed E-state index contributed by atoms with van der Waals surface area (Å²) in [4.78, 5) is 35.3. The fourth-order valence-electron chi connectivity index (χ4n) is 1.70. The Morgan fingerprint density at radius 3 is 2.76 bits per heavy atom. The molecule has 0 saturated carbocycles. The second-order valence-corrected chi connectivity index (χ2v) is 4.06. The van der Waals surface area contributed by atoms with Crippen molar-refractivity contribution < 1.29 is 19.2 Å². The van der Waals surface area contributed by atoms with E-state index >= 15 is 0 Å². The number of carbonyl (C=O) groups excluding carboxylic acids is 2. The molecule has 1 amide bonds. The molecule has 8 nitrogen and oxygen atoms in total. The van der Waals surface area contributed by atoms with Crippen LogP contribution in [0, 0.1) is 10.1 Å². The van der Waals surface area contributed by atoms with Crippen molar-refractivity contribution in [1.29, 1.82) is 0 Å². The molecule has 108 valence electrons. The van der Waals surface area contributed by atoms with Crippen molar-refractivity contribution in [1.82, 2.24) is 4.98 Å². The van der Waals surface area contributed by atoms with Gasteiger partial charge in [0.1, 0.15) is 11.4 Å². The van der Waals surface area contributed by atoms with Gasteiger partial charge in [0, 0.05) is 17.8 Å². The van der Waals surface area contributed by atoms with Crippen molar-refractivity contribution in [2.45, 2.75) is 0 Å². The first kappa shape index (κ1) is 14.3. The molecule has 1 aromatic heterocycles. The van der Waals surface area contributed by atoms with E-state index in [9.17, 15) is 19.7 Å². The Balaban J connectivity index is 2.24. The van der Waals surface area contributed by atoms with Crippen LogP contribution in [0.15, 0.2) is 30.5 Å². The van der Waals surface area contributed by atoms with E-state index in [4.69, 9.17) is 4.74 Å². The van der Waals surface area contributed by atoms with E-state index in [-0.39, 0.29) is 22.8 Å². The maximum atomic E-state index is 12.0. The Hall–Kier alpha value is -3.16. The van der Waals surface area contributed by atoms with Crippen LogP contribution < -0.4 is 10.1 Å². The molecule has 2 N–H and O–H groups in total. The number of hydrogen-bond acceptors (Lipinski definition) is 5. The van der Waals surface area contributed by atoms with E-state index in [1.165, 1.54) is 37.6 Å². The molecule has 0 spiro atoms. The summed E-state index contributed by atoms with van der Waals surface area (Å²) in [7, 11) is 1.34. The highest BCUT2D eigenvalue weighted by atomic mass is 16.6. The lowest BCUT2D eigenvalue weighted by Gasteiger charge is -2.09. The fraction of sp³-hybridized carbons (Fsp3) is 0.0769. The SMILES string of the molecule is COc1cc([N+](=O)[O-])ccc1NC(=O)c1cc(C=O)c[nH]1. The molecule has 0 aliphatic carbocycles. The molecule has 21 heavy (non-hydrogen) atoms. The smallest absolute Gasteiger partial charge is 0.273 e. The molecule has 0 bridgehead atoms. The Morgan fingerprint density at radius 2 is 2.19 bits per heavy atom. The lowest BCUT2D eigenvalue weighted by Crippen LogP contribution is -2.13. The molecule has 0 fully saturated rings. The molecule has 1 heterocycles. The van der Waals surface area contributed by atoms with Gasteiger partial charge in [-0.2, -0.15) is 0 Å². The van der Waals surface area contributed by atoms with E-state index in [0.717, 1.165) is 0 Å². The highest BCUT2D eigenvalue weighted by molar-refractivity contribution is 6.04. The van der Waals surface area contributed by atoms with Gasteiger partial charge in [0.05, 0.1) is 23.8 Å². The fourth-order valence-corrected chi connectivity index (χ4v) is 1.70. The van der Waals surface area contributed by atoms with Crippen LogP contribution in [-0.4, -0.2) is 29.2 Å². The first-order valence-corrected chi connectivity index (χ1v) is 5.82. The molecule has 0 saturated heterocycles. The third kappa shape index (κ3) is 3.06. The number of aromatic amines is 1. The number of benzene rings is 1. The van der Waals surface area contributed by atoms with Gasteiger partial charge >= 0.3 is 0 Å². The number of rotatable bonds is 5. The van der Waals surface area contributed by atoms with Crippen LogP contribution in [0.25, 0.3) is 0 Å². The maximum Gasteiger partial charge on any atom is 0.273 e. The number of ether oxygens (including phenoxy) is 1. The highest BCUT2D eigenvalue weighted by Crippen LogP contribution is 2.29. The van der Waals surface area contributed by atoms with Crippen LogP contribution in [-0.2, 0) is 0 Å². The predicted octanol–water partition coefficient (Wildman–Crippen LogP) is 2.00. The average molecular weight is 289 g/mol. The number of methoxy groups -OCH3 is 1. The Morgan fingerprint density at radius 1 is 1.43 bits per heavy atom. The minimum absolute atomic E-state index is 0.145. The summed E-state index contributed by atoms with van der Waals surface area (Å²) in [6.45, 7) is 0. The van der Waals surface area contributed by atoms with Crippen molar-refractivity contribution in [3.63, 3.8) is 0 Å². The van der Waals surface area contributed by atoms with E-state index in [2.05, 4.69) is 10.3 Å². The zero-order valence-corrected chi connectivity index (χ0v) is 11.0. The molecule has 0 aliphatic rings. The molecule has 2 aromatic rings. The van der Waals surface area contributed by atoms with Crippen molar-refractivity contribution in [3.05, 3.63) is 51.8 Å². The molecule has 0 unspecified atom stereocenters. The van der Waals surface area contributed by atoms with Crippen LogP contribution in [0.3, 0.4) is 0 Å². The number of hydrogen-bond donors (Lipinski definition) is 2. The number of amides is 1. The van der Waals surface area contributed by atoms with Gasteiger partial charge in [-0.25, -0.2) is 0 Å². The van der Waals surface area contributed by atoms with Crippen LogP contribution in [0.1, 0.15) is 20.8 Å². The van der Waals surface area contributed by atoms with Crippen LogP contribution in [0.4, 0.5) is 11.4 Å². The Kier molecular flexibility index (Phi) is 3.98. The molecule has 2 rings (SSSR count). The number of aromatic nitrogens is 1. The first-order valence-electron chi connectivity index (χ1n) is 5.82. The summed E-state index contributed by atoms with van der Waals surface area (Å²) in [5, 5.41) is 13.2. The minimum atomic E-state index is -0.560. The third-order valence-electron chi connectivity index (χ3n) is 2.73. The summed E-state index contributed by atoms with van der Waals surface area (Å²) in [6, 6.07) is 5.23. The number of non-ortho nitro benzene ring substituents is 1. The molecule has 0 radical (unpaired) electrons. The molecule has 0 aliphatic heterocycles. The van der Waals surface area contributed by atoms with Gasteiger partial charge in [0.25, 0.3) is 11.6 Å². The summed E-state index contributed by atoms with van der Waals surface area (Å²) in [5.41, 5.74) is 0.677. The summed E-state index contributed by atoms with van der Waals surface area (Å²) < 4.78 is 5.01. The number of nitro benzene ring substituents is 1. The van der Waals surface area contributed by atoms with E-state index in [1.54, 1.807) is 0 Å². The molecular formula is C13H11N3O5. The van der Waals surface area contributed by atoms with E-state index < -0.39 is 10.8 Å². The van der Waals surface area contributed by atoms with Crippen LogP contribution in [0.2, 0.25) is 0 Å². The second-order valence-electron chi connectivity index (χ2n) is 4.06. The van der Waals surface area contributed by atoms with Crippen LogP contribution >= 0.6 is 0 Å². The number of nitrogens with one attached hydrogen (secondary N) is 2. The minimum Gasteiger partial charge on any atom is -0.494 e. The summed E-state index contributed by atoms with van der Waals surface area (Å²) in [6.07, 6.45) is 2.01. The molecule has 0 atom stereocenters. The Labute approximate surface area is 118 Å². The number of anilines is 1. The van der Waals surface area contributed by atoms with Gasteiger partial charge < -0.3 is 15.0 Å². The zero-order chi connectivity index (χ0) is 15.4. The van der Waals surface area contributed by atoms with Crippen molar-refractivity contribution >= 4 is 23.6 Å². The molecule has 8 heteroatoms. The quantitative estimate of drug-likeness (QED) is 0.496. The standard InChI is InChI=1S/C13H11N3O5/c1-21-12-5-9(16(19)20)2-3-10(12)15-13(18)11-4-8(7-17)6-14-11/h2-7,14H,1H3,(H,15,18). The first-order chi connectivity index (χ1) is 10.0. The van der Waals surface area contributed by atoms with Gasteiger partial charge in [-0.1, -0.05) is 0 Å². The maximum absolute atomic E-state index is 12.0. The van der Waals surface area contributed by atoms with Gasteiger partial charge in [0.2, 0.25) is 0 Å². The van der Waals surface area contributed by atoms with E-state index in [1.807, 2.05) is 0 Å². The number of aldehydes is 1. The van der Waals surface area contributed by atoms with Crippen LogP contribution in [0.5, 0.6) is 5.75 Å². The third-order valence-corrected chi connectivity index (χ3v) is 2.73. The summed E-state index contributed by atoms with van der Waals surface area (Å²) in [5.74, 6) is -0.324. The topological polar surface area (TPSA) is 114 Å². The largest absolute Gasteiger partial charge is 0.494 e. The number of H-pyrrole nitrogens is 1. The van der Waals surface area contributed by atoms with Crippen molar-refractivity contribution in [2.24, 2.45) is 0 Å². The lowest BCUT2D eigenvalue weighted by molar-refractivity contribution is -0.384. The second kappa shape index (κ2) is 5.87.